The Kier molecular flexibility index (Phi) is 4.60. The Labute approximate surface area is 161 Å². The third-order valence-electron chi connectivity index (χ3n) is 5.16. The summed E-state index contributed by atoms with van der Waals surface area (Å²) in [6, 6.07) is 3.75. The third-order valence-corrected chi connectivity index (χ3v) is 5.16. The van der Waals surface area contributed by atoms with E-state index in [1.54, 1.807) is 29.1 Å². The average Bonchev–Trinajstić information content (AvgIpc) is 2.95. The highest BCUT2D eigenvalue weighted by atomic mass is 19.3. The number of rotatable bonds is 4. The zero-order valence-corrected chi connectivity index (χ0v) is 15.8. The summed E-state index contributed by atoms with van der Waals surface area (Å²) < 4.78 is 27.4. The molecular weight excluding hydrogens is 366 g/mol. The van der Waals surface area contributed by atoms with Crippen molar-refractivity contribution in [3.63, 3.8) is 0 Å². The largest absolute Gasteiger partial charge is 0.350 e. The van der Waals surface area contributed by atoms with Gasteiger partial charge in [-0.3, -0.25) is 9.78 Å². The molecule has 2 fully saturated rings. The summed E-state index contributed by atoms with van der Waals surface area (Å²) in [5, 5.41) is 3.11. The third kappa shape index (κ3) is 3.88. The van der Waals surface area contributed by atoms with E-state index < -0.39 is 5.92 Å². The molecule has 2 aliphatic rings. The molecule has 0 spiro atoms. The van der Waals surface area contributed by atoms with Gasteiger partial charge in [0, 0.05) is 38.9 Å². The quantitative estimate of drug-likeness (QED) is 0.868. The Balaban J connectivity index is 1.61. The molecule has 2 aliphatic heterocycles. The van der Waals surface area contributed by atoms with Gasteiger partial charge in [-0.15, -0.1) is 0 Å². The van der Waals surface area contributed by atoms with Gasteiger partial charge in [-0.2, -0.15) is 0 Å². The Morgan fingerprint density at radius 3 is 2.61 bits per heavy atom. The smallest absolute Gasteiger partial charge is 0.266 e. The van der Waals surface area contributed by atoms with Crippen molar-refractivity contribution in [2.45, 2.75) is 32.1 Å². The number of hydrogen-bond donors (Lipinski definition) is 1. The van der Waals surface area contributed by atoms with E-state index >= 15 is 0 Å². The van der Waals surface area contributed by atoms with Crippen molar-refractivity contribution in [1.82, 2.24) is 19.9 Å². The standard InChI is InChI=1S/C19H22F2N6O/c1-12-7-23-17(8-22-12)24-16-5-14(15-9-27(10-15)13(2)28)6-18(25-16)26-4-3-19(20,21)11-26/h5-8,15H,3-4,9-11H2,1-2H3,(H,23,24,25). The summed E-state index contributed by atoms with van der Waals surface area (Å²) in [4.78, 5) is 27.8. The SMILES string of the molecule is CC(=O)N1CC(c2cc(Nc3cnc(C)cn3)nc(N3CCC(F)(F)C3)c2)C1. The van der Waals surface area contributed by atoms with Gasteiger partial charge >= 0.3 is 0 Å². The molecule has 2 saturated heterocycles. The first-order valence-corrected chi connectivity index (χ1v) is 9.25. The molecule has 1 N–H and O–H groups in total. The summed E-state index contributed by atoms with van der Waals surface area (Å²) in [5.74, 6) is -0.917. The molecule has 0 atom stereocenters. The van der Waals surface area contributed by atoms with E-state index in [1.165, 1.54) is 0 Å². The van der Waals surface area contributed by atoms with Crippen molar-refractivity contribution in [1.29, 1.82) is 0 Å². The maximum Gasteiger partial charge on any atom is 0.266 e. The van der Waals surface area contributed by atoms with Crippen LogP contribution in [-0.4, -0.2) is 57.9 Å². The molecule has 7 nitrogen and oxygen atoms in total. The summed E-state index contributed by atoms with van der Waals surface area (Å²) in [7, 11) is 0. The lowest BCUT2D eigenvalue weighted by Gasteiger charge is -2.39. The van der Waals surface area contributed by atoms with Crippen LogP contribution in [0.25, 0.3) is 0 Å². The topological polar surface area (TPSA) is 74.2 Å². The first-order chi connectivity index (χ1) is 13.3. The second kappa shape index (κ2) is 6.96. The van der Waals surface area contributed by atoms with Gasteiger partial charge in [0.25, 0.3) is 5.92 Å². The second-order valence-electron chi connectivity index (χ2n) is 7.46. The number of likely N-dealkylation sites (tertiary alicyclic amines) is 1. The summed E-state index contributed by atoms with van der Waals surface area (Å²) in [5.41, 5.74) is 1.77. The van der Waals surface area contributed by atoms with Crippen molar-refractivity contribution < 1.29 is 13.6 Å². The summed E-state index contributed by atoms with van der Waals surface area (Å²) >= 11 is 0. The van der Waals surface area contributed by atoms with Crippen molar-refractivity contribution in [2.75, 3.05) is 36.4 Å². The van der Waals surface area contributed by atoms with E-state index in [0.29, 0.717) is 30.5 Å². The van der Waals surface area contributed by atoms with Gasteiger partial charge in [0.1, 0.15) is 17.5 Å². The van der Waals surface area contributed by atoms with Gasteiger partial charge in [-0.25, -0.2) is 18.7 Å². The minimum absolute atomic E-state index is 0.0398. The zero-order chi connectivity index (χ0) is 19.9. The highest BCUT2D eigenvalue weighted by Gasteiger charge is 2.39. The van der Waals surface area contributed by atoms with E-state index in [0.717, 1.165) is 11.3 Å². The predicted octanol–water partition coefficient (Wildman–Crippen LogP) is 2.71. The molecule has 4 heterocycles. The van der Waals surface area contributed by atoms with Gasteiger partial charge in [0.05, 0.1) is 24.6 Å². The van der Waals surface area contributed by atoms with E-state index in [1.807, 2.05) is 19.1 Å². The van der Waals surface area contributed by atoms with Gasteiger partial charge in [-0.05, 0) is 24.6 Å². The van der Waals surface area contributed by atoms with E-state index in [4.69, 9.17) is 0 Å². The highest BCUT2D eigenvalue weighted by molar-refractivity contribution is 5.74. The number of nitrogens with one attached hydrogen (secondary N) is 1. The van der Waals surface area contributed by atoms with Crippen LogP contribution in [0.15, 0.2) is 24.5 Å². The van der Waals surface area contributed by atoms with E-state index in [9.17, 15) is 13.6 Å². The number of hydrogen-bond acceptors (Lipinski definition) is 6. The fourth-order valence-electron chi connectivity index (χ4n) is 3.46. The van der Waals surface area contributed by atoms with Crippen LogP contribution < -0.4 is 10.2 Å². The minimum atomic E-state index is -2.70. The van der Waals surface area contributed by atoms with Crippen LogP contribution in [0.4, 0.5) is 26.2 Å². The number of halogens is 2. The molecule has 148 valence electrons. The van der Waals surface area contributed by atoms with Gasteiger partial charge in [0.15, 0.2) is 0 Å². The Morgan fingerprint density at radius 2 is 2.00 bits per heavy atom. The Morgan fingerprint density at radius 1 is 1.21 bits per heavy atom. The fraction of sp³-hybridized carbons (Fsp3) is 0.474. The summed E-state index contributed by atoms with van der Waals surface area (Å²) in [6.07, 6.45) is 3.08. The molecule has 0 bridgehead atoms. The lowest BCUT2D eigenvalue weighted by Crippen LogP contribution is -2.47. The van der Waals surface area contributed by atoms with Gasteiger partial charge in [0.2, 0.25) is 5.91 Å². The van der Waals surface area contributed by atoms with Crippen molar-refractivity contribution in [3.8, 4) is 0 Å². The predicted molar refractivity (Wildman–Crippen MR) is 101 cm³/mol. The number of nitrogens with zero attached hydrogens (tertiary/aromatic N) is 5. The number of pyridine rings is 1. The first-order valence-electron chi connectivity index (χ1n) is 9.25. The summed E-state index contributed by atoms with van der Waals surface area (Å²) in [6.45, 7) is 4.56. The molecular formula is C19H22F2N6O. The van der Waals surface area contributed by atoms with Crippen LogP contribution >= 0.6 is 0 Å². The van der Waals surface area contributed by atoms with Crippen molar-refractivity contribution in [3.05, 3.63) is 35.8 Å². The number of carbonyl (C=O) groups excluding carboxylic acids is 1. The molecule has 0 radical (unpaired) electrons. The van der Waals surface area contributed by atoms with Gasteiger partial charge < -0.3 is 15.1 Å². The minimum Gasteiger partial charge on any atom is -0.350 e. The maximum atomic E-state index is 13.7. The number of aromatic nitrogens is 3. The number of anilines is 3. The molecule has 0 saturated carbocycles. The van der Waals surface area contributed by atoms with Crippen LogP contribution in [0.3, 0.4) is 0 Å². The number of alkyl halides is 2. The normalized spacial score (nSPS) is 18.9. The van der Waals surface area contributed by atoms with Crippen molar-refractivity contribution >= 4 is 23.4 Å². The van der Waals surface area contributed by atoms with Crippen molar-refractivity contribution in [2.24, 2.45) is 0 Å². The number of amides is 1. The highest BCUT2D eigenvalue weighted by Crippen LogP contribution is 2.35. The Bertz CT molecular complexity index is 882. The van der Waals surface area contributed by atoms with Crippen LogP contribution in [0.5, 0.6) is 0 Å². The van der Waals surface area contributed by atoms with E-state index in [2.05, 4.69) is 20.3 Å². The molecule has 9 heteroatoms. The molecule has 1 amide bonds. The van der Waals surface area contributed by atoms with Crippen LogP contribution in [0.2, 0.25) is 0 Å². The van der Waals surface area contributed by atoms with Crippen LogP contribution in [0, 0.1) is 6.92 Å². The monoisotopic (exact) mass is 388 g/mol. The van der Waals surface area contributed by atoms with Crippen LogP contribution in [-0.2, 0) is 4.79 Å². The average molecular weight is 388 g/mol. The lowest BCUT2D eigenvalue weighted by molar-refractivity contribution is -0.133. The number of aryl methyl sites for hydroxylation is 1. The van der Waals surface area contributed by atoms with E-state index in [-0.39, 0.29) is 31.3 Å². The fourth-order valence-corrected chi connectivity index (χ4v) is 3.46. The molecule has 0 unspecified atom stereocenters. The lowest BCUT2D eigenvalue weighted by atomic mass is 9.91. The number of carbonyl (C=O) groups is 1. The molecule has 4 rings (SSSR count). The van der Waals surface area contributed by atoms with Crippen LogP contribution in [0.1, 0.15) is 30.5 Å². The molecule has 2 aromatic rings. The molecule has 28 heavy (non-hydrogen) atoms. The zero-order valence-electron chi connectivity index (χ0n) is 15.8. The molecule has 2 aromatic heterocycles. The molecule has 0 aromatic carbocycles. The maximum absolute atomic E-state index is 13.7. The Hall–Kier alpha value is -2.84. The first kappa shape index (κ1) is 18.5. The molecule has 0 aliphatic carbocycles. The van der Waals surface area contributed by atoms with Gasteiger partial charge in [-0.1, -0.05) is 0 Å². The second-order valence-corrected chi connectivity index (χ2v) is 7.46.